The van der Waals surface area contributed by atoms with Crippen molar-refractivity contribution in [1.29, 1.82) is 0 Å². The average molecular weight is 1030 g/mol. The highest BCUT2D eigenvalue weighted by Gasteiger charge is 2.44. The molecule has 5 amide bonds. The molecule has 0 bridgehead atoms. The van der Waals surface area contributed by atoms with Crippen molar-refractivity contribution in [2.45, 2.75) is 152 Å². The van der Waals surface area contributed by atoms with E-state index in [-0.39, 0.29) is 55.0 Å². The molecule has 0 spiro atoms. The standard InChI is InChI=1S/C51H70ClN11O6S2/c1-31(33-17-19-34(20-18-33)44-32(2)57-30-70-44)58-47(68)37-26-35(64)29-63(37)49(69)45(50(3,4)5)61-40(65)16-11-9-7-8-10-12-23-55-41(66)27-42(67)59-36-14-13-15-38(43(36)52)71-48-46(53)60-39(28-56-48)62-24-21-51(6,54)22-25-62/h13-15,17-20,28,30-31,35,37,45,64H,7-12,16,21-27,29,54H2,1-6H3,(H2,53,60)(H,55,66)(H,58,68)(H,59,67)(H,61,65)/t31-,35+,37-,45+/m0/s1. The summed E-state index contributed by atoms with van der Waals surface area (Å²) in [5, 5.41) is 22.9. The molecule has 2 aromatic carbocycles. The number of anilines is 3. The van der Waals surface area contributed by atoms with Crippen molar-refractivity contribution in [3.8, 4) is 10.4 Å². The number of aliphatic hydroxyl groups excluding tert-OH is 1. The van der Waals surface area contributed by atoms with E-state index in [2.05, 4.69) is 48.0 Å². The van der Waals surface area contributed by atoms with E-state index in [9.17, 15) is 29.1 Å². The fourth-order valence-corrected chi connectivity index (χ4v) is 10.6. The van der Waals surface area contributed by atoms with Gasteiger partial charge in [0.1, 0.15) is 29.3 Å². The van der Waals surface area contributed by atoms with E-state index in [0.29, 0.717) is 39.4 Å². The van der Waals surface area contributed by atoms with Crippen LogP contribution in [0.4, 0.5) is 17.3 Å². The molecule has 9 N–H and O–H groups in total. The zero-order valence-corrected chi connectivity index (χ0v) is 44.1. The van der Waals surface area contributed by atoms with Crippen LogP contribution in [0.1, 0.15) is 123 Å². The second-order valence-electron chi connectivity index (χ2n) is 20.1. The summed E-state index contributed by atoms with van der Waals surface area (Å²) < 4.78 is 0. The molecule has 0 saturated carbocycles. The van der Waals surface area contributed by atoms with Gasteiger partial charge in [0.15, 0.2) is 5.82 Å². The number of aryl methyl sites for hydroxylation is 1. The molecule has 0 unspecified atom stereocenters. The first kappa shape index (κ1) is 55.0. The number of nitrogens with two attached hydrogens (primary N) is 2. The van der Waals surface area contributed by atoms with Gasteiger partial charge in [0, 0.05) is 49.5 Å². The lowest BCUT2D eigenvalue weighted by Gasteiger charge is -2.37. The van der Waals surface area contributed by atoms with Crippen molar-refractivity contribution in [2.24, 2.45) is 11.1 Å². The van der Waals surface area contributed by atoms with Crippen LogP contribution in [-0.2, 0) is 24.0 Å². The highest BCUT2D eigenvalue weighted by atomic mass is 35.5. The number of aliphatic hydroxyl groups is 1. The molecule has 2 aromatic heterocycles. The van der Waals surface area contributed by atoms with Crippen molar-refractivity contribution < 1.29 is 29.1 Å². The van der Waals surface area contributed by atoms with Crippen LogP contribution in [-0.4, -0.2) is 104 Å². The third kappa shape index (κ3) is 15.6. The summed E-state index contributed by atoms with van der Waals surface area (Å²) in [7, 11) is 0. The van der Waals surface area contributed by atoms with Gasteiger partial charge in [-0.15, -0.1) is 11.3 Å². The number of nitrogens with one attached hydrogen (secondary N) is 4. The summed E-state index contributed by atoms with van der Waals surface area (Å²) in [4.78, 5) is 85.0. The molecule has 2 saturated heterocycles. The van der Waals surface area contributed by atoms with Gasteiger partial charge in [-0.25, -0.2) is 15.0 Å². The number of hydrogen-bond donors (Lipinski definition) is 7. The number of β-amino-alcohol motifs (C(OH)–C–C–N with tert-alkyl or cyclic N) is 1. The second kappa shape index (κ2) is 24.9. The number of piperidine rings is 1. The number of nitrogens with zero attached hydrogens (tertiary/aromatic N) is 5. The molecule has 0 radical (unpaired) electrons. The zero-order valence-electron chi connectivity index (χ0n) is 41.7. The van der Waals surface area contributed by atoms with E-state index in [4.69, 9.17) is 23.1 Å². The van der Waals surface area contributed by atoms with Gasteiger partial charge < -0.3 is 47.6 Å². The summed E-state index contributed by atoms with van der Waals surface area (Å²) in [5.41, 5.74) is 16.8. The summed E-state index contributed by atoms with van der Waals surface area (Å²) in [6.45, 7) is 13.5. The van der Waals surface area contributed by atoms with Gasteiger partial charge in [-0.05, 0) is 75.1 Å². The molecule has 20 heteroatoms. The molecular formula is C51H70ClN11O6S2. The average Bonchev–Trinajstić information content (AvgIpc) is 3.94. The number of hydrogen-bond acceptors (Lipinski definition) is 14. The van der Waals surface area contributed by atoms with E-state index in [0.717, 1.165) is 79.7 Å². The smallest absolute Gasteiger partial charge is 0.246 e. The minimum absolute atomic E-state index is 0.0000485. The van der Waals surface area contributed by atoms with Gasteiger partial charge >= 0.3 is 0 Å². The van der Waals surface area contributed by atoms with Gasteiger partial charge in [0.2, 0.25) is 29.5 Å². The van der Waals surface area contributed by atoms with Crippen molar-refractivity contribution >= 4 is 81.6 Å². The quantitative estimate of drug-likeness (QED) is 0.0324. The maximum Gasteiger partial charge on any atom is 0.246 e. The van der Waals surface area contributed by atoms with Gasteiger partial charge in [-0.2, -0.15) is 0 Å². The predicted octanol–water partition coefficient (Wildman–Crippen LogP) is 7.16. The van der Waals surface area contributed by atoms with E-state index in [1.165, 1.54) is 16.7 Å². The van der Waals surface area contributed by atoms with Crippen molar-refractivity contribution in [3.63, 3.8) is 0 Å². The predicted molar refractivity (Wildman–Crippen MR) is 281 cm³/mol. The number of carbonyl (C=O) groups excluding carboxylic acids is 5. The Morgan fingerprint density at radius 3 is 2.31 bits per heavy atom. The number of benzene rings is 2. The lowest BCUT2D eigenvalue weighted by Crippen LogP contribution is -2.57. The molecule has 2 fully saturated rings. The number of unbranched alkanes of at least 4 members (excludes halogenated alkanes) is 5. The van der Waals surface area contributed by atoms with Crippen LogP contribution in [0.2, 0.25) is 5.02 Å². The fourth-order valence-electron chi connectivity index (χ4n) is 8.65. The molecule has 6 rings (SSSR count). The van der Waals surface area contributed by atoms with Gasteiger partial charge in [-0.1, -0.05) is 100 Å². The van der Waals surface area contributed by atoms with Crippen LogP contribution in [0, 0.1) is 12.3 Å². The normalized spacial score (nSPS) is 17.6. The molecule has 2 aliphatic rings. The topological polar surface area (TPSA) is 251 Å². The highest BCUT2D eigenvalue weighted by molar-refractivity contribution is 7.99. The first-order valence-corrected chi connectivity index (χ1v) is 26.5. The molecule has 384 valence electrons. The SMILES string of the molecule is Cc1ncsc1-c1ccc([C@H](C)NC(=O)[C@@H]2C[C@@H](O)CN2C(=O)[C@@H](NC(=O)CCCCCCCCNC(=O)CC(=O)Nc2cccc(Sc3ncc(N4CCC(C)(N)CC4)nc3N)c2Cl)C(C)(C)C)cc1. The Balaban J connectivity index is 0.855. The number of likely N-dealkylation sites (tertiary alicyclic amines) is 1. The number of aromatic nitrogens is 3. The fraction of sp³-hybridized carbons (Fsp3) is 0.529. The maximum absolute atomic E-state index is 14.1. The van der Waals surface area contributed by atoms with E-state index >= 15 is 0 Å². The van der Waals surface area contributed by atoms with Gasteiger partial charge in [0.25, 0.3) is 0 Å². The Bertz CT molecular complexity index is 2490. The van der Waals surface area contributed by atoms with Gasteiger partial charge in [0.05, 0.1) is 45.1 Å². The van der Waals surface area contributed by atoms with Crippen LogP contribution >= 0.6 is 34.7 Å². The first-order valence-electron chi connectivity index (χ1n) is 24.5. The Kier molecular flexibility index (Phi) is 19.3. The van der Waals surface area contributed by atoms with Crippen LogP contribution in [0.15, 0.2) is 64.1 Å². The van der Waals surface area contributed by atoms with E-state index < -0.39 is 41.3 Å². The number of amides is 5. The Morgan fingerprint density at radius 1 is 0.958 bits per heavy atom. The molecule has 71 heavy (non-hydrogen) atoms. The van der Waals surface area contributed by atoms with Crippen molar-refractivity contribution in [2.75, 3.05) is 42.1 Å². The number of rotatable bonds is 21. The third-order valence-corrected chi connectivity index (χ3v) is 15.5. The lowest BCUT2D eigenvalue weighted by molar-refractivity contribution is -0.144. The molecule has 4 heterocycles. The molecular weight excluding hydrogens is 962 g/mol. The van der Waals surface area contributed by atoms with E-state index in [1.54, 1.807) is 35.7 Å². The summed E-state index contributed by atoms with van der Waals surface area (Å²) >= 11 is 9.49. The minimum Gasteiger partial charge on any atom is -0.391 e. The van der Waals surface area contributed by atoms with E-state index in [1.807, 2.05) is 64.4 Å². The van der Waals surface area contributed by atoms with Crippen LogP contribution in [0.3, 0.4) is 0 Å². The van der Waals surface area contributed by atoms with Crippen LogP contribution in [0.25, 0.3) is 10.4 Å². The lowest BCUT2D eigenvalue weighted by atomic mass is 9.85. The summed E-state index contributed by atoms with van der Waals surface area (Å²) in [6, 6.07) is 11.0. The zero-order chi connectivity index (χ0) is 51.5. The van der Waals surface area contributed by atoms with Crippen molar-refractivity contribution in [1.82, 2.24) is 35.8 Å². The number of halogens is 1. The third-order valence-electron chi connectivity index (χ3n) is 13.0. The molecule has 4 atom stereocenters. The summed E-state index contributed by atoms with van der Waals surface area (Å²) in [6.07, 6.45) is 7.31. The Hall–Kier alpha value is -5.34. The number of carbonyl (C=O) groups is 5. The maximum atomic E-state index is 14.1. The second-order valence-corrected chi connectivity index (χ2v) is 22.4. The molecule has 0 aliphatic carbocycles. The Labute approximate surface area is 430 Å². The Morgan fingerprint density at radius 2 is 1.65 bits per heavy atom. The summed E-state index contributed by atoms with van der Waals surface area (Å²) in [5.74, 6) is -0.942. The highest BCUT2D eigenvalue weighted by Crippen LogP contribution is 2.39. The van der Waals surface area contributed by atoms with Crippen LogP contribution < -0.4 is 37.6 Å². The number of thiazole rings is 1. The van der Waals surface area contributed by atoms with Crippen molar-refractivity contribution in [3.05, 3.63) is 70.5 Å². The largest absolute Gasteiger partial charge is 0.391 e. The minimum atomic E-state index is -0.898. The molecule has 17 nitrogen and oxygen atoms in total. The first-order chi connectivity index (χ1) is 33.7. The molecule has 2 aliphatic heterocycles. The molecule has 4 aromatic rings. The van der Waals surface area contributed by atoms with Crippen LogP contribution in [0.5, 0.6) is 0 Å². The monoisotopic (exact) mass is 1030 g/mol. The number of nitrogen functional groups attached to an aromatic ring is 1. The van der Waals surface area contributed by atoms with Gasteiger partial charge in [-0.3, -0.25) is 24.0 Å².